The van der Waals surface area contributed by atoms with Crippen LogP contribution in [-0.2, 0) is 9.53 Å². The zero-order valence-corrected chi connectivity index (χ0v) is 11.6. The minimum Gasteiger partial charge on any atom is -0.388 e. The number of nitrogens with one attached hydrogen (secondary N) is 2. The van der Waals surface area contributed by atoms with E-state index < -0.39 is 0 Å². The van der Waals surface area contributed by atoms with Gasteiger partial charge in [-0.1, -0.05) is 12.2 Å². The molecule has 1 amide bonds. The van der Waals surface area contributed by atoms with Gasteiger partial charge in [0.1, 0.15) is 4.99 Å². The standard InChI is InChI=1S/C12H18N4O2S/c1-18-7-6-16-11(17)3-5-14-9-2-4-15-10(8-9)12(13)19/h2,4,8H,3,5-7H2,1H3,(H2,13,19)(H,14,15)(H,16,17). The van der Waals surface area contributed by atoms with Gasteiger partial charge in [0.15, 0.2) is 0 Å². The molecule has 1 aromatic rings. The van der Waals surface area contributed by atoms with Crippen LogP contribution < -0.4 is 16.4 Å². The maximum absolute atomic E-state index is 11.4. The Bertz CT molecular complexity index is 439. The fraction of sp³-hybridized carbons (Fsp3) is 0.417. The molecule has 1 aromatic heterocycles. The Morgan fingerprint density at radius 1 is 1.53 bits per heavy atom. The van der Waals surface area contributed by atoms with Crippen molar-refractivity contribution in [2.75, 3.05) is 32.1 Å². The Balaban J connectivity index is 2.31. The second-order valence-corrected chi connectivity index (χ2v) is 4.25. The lowest BCUT2D eigenvalue weighted by Gasteiger charge is -2.08. The zero-order chi connectivity index (χ0) is 14.1. The number of hydrogen-bond acceptors (Lipinski definition) is 5. The largest absolute Gasteiger partial charge is 0.388 e. The van der Waals surface area contributed by atoms with E-state index in [-0.39, 0.29) is 10.9 Å². The second kappa shape index (κ2) is 8.39. The van der Waals surface area contributed by atoms with Crippen LogP contribution in [0, 0.1) is 0 Å². The monoisotopic (exact) mass is 282 g/mol. The molecule has 0 aliphatic rings. The zero-order valence-electron chi connectivity index (χ0n) is 10.8. The van der Waals surface area contributed by atoms with E-state index in [9.17, 15) is 4.79 Å². The Morgan fingerprint density at radius 2 is 2.32 bits per heavy atom. The molecular formula is C12H18N4O2S. The predicted molar refractivity (Wildman–Crippen MR) is 78.1 cm³/mol. The molecule has 0 bridgehead atoms. The Labute approximate surface area is 117 Å². The van der Waals surface area contributed by atoms with E-state index >= 15 is 0 Å². The molecule has 0 saturated carbocycles. The summed E-state index contributed by atoms with van der Waals surface area (Å²) in [5.74, 6) is -0.0202. The van der Waals surface area contributed by atoms with E-state index in [0.29, 0.717) is 31.8 Å². The van der Waals surface area contributed by atoms with Crippen LogP contribution >= 0.6 is 12.2 Å². The number of thiocarbonyl (C=S) groups is 1. The summed E-state index contributed by atoms with van der Waals surface area (Å²) in [6, 6.07) is 3.55. The molecule has 0 aromatic carbocycles. The average Bonchev–Trinajstić information content (AvgIpc) is 2.39. The molecular weight excluding hydrogens is 264 g/mol. The molecule has 6 nitrogen and oxygen atoms in total. The number of rotatable bonds is 8. The van der Waals surface area contributed by atoms with Gasteiger partial charge in [-0.2, -0.15) is 0 Å². The molecule has 4 N–H and O–H groups in total. The van der Waals surface area contributed by atoms with Gasteiger partial charge in [-0.15, -0.1) is 0 Å². The molecule has 0 unspecified atom stereocenters. The average molecular weight is 282 g/mol. The number of ether oxygens (including phenoxy) is 1. The first kappa shape index (κ1) is 15.3. The number of nitrogens with zero attached hydrogens (tertiary/aromatic N) is 1. The number of pyridine rings is 1. The summed E-state index contributed by atoms with van der Waals surface area (Å²) in [5.41, 5.74) is 6.89. The van der Waals surface area contributed by atoms with E-state index in [1.54, 1.807) is 25.4 Å². The first-order chi connectivity index (χ1) is 9.13. The number of nitrogens with two attached hydrogens (primary N) is 1. The molecule has 0 aliphatic carbocycles. The molecule has 7 heteroatoms. The number of hydrogen-bond donors (Lipinski definition) is 3. The van der Waals surface area contributed by atoms with Crippen molar-refractivity contribution in [1.29, 1.82) is 0 Å². The molecule has 0 aliphatic heterocycles. The molecule has 0 spiro atoms. The van der Waals surface area contributed by atoms with Crippen molar-refractivity contribution < 1.29 is 9.53 Å². The Morgan fingerprint density at radius 3 is 3.00 bits per heavy atom. The normalized spacial score (nSPS) is 9.95. The third kappa shape index (κ3) is 6.12. The van der Waals surface area contributed by atoms with Crippen molar-refractivity contribution in [3.63, 3.8) is 0 Å². The molecule has 1 heterocycles. The van der Waals surface area contributed by atoms with Crippen molar-refractivity contribution in [3.8, 4) is 0 Å². The van der Waals surface area contributed by atoms with Crippen LogP contribution in [0.4, 0.5) is 5.69 Å². The SMILES string of the molecule is COCCNC(=O)CCNc1ccnc(C(N)=S)c1. The van der Waals surface area contributed by atoms with Gasteiger partial charge >= 0.3 is 0 Å². The Hall–Kier alpha value is -1.73. The summed E-state index contributed by atoms with van der Waals surface area (Å²) < 4.78 is 4.84. The van der Waals surface area contributed by atoms with Crippen LogP contribution in [0.2, 0.25) is 0 Å². The maximum Gasteiger partial charge on any atom is 0.221 e. The van der Waals surface area contributed by atoms with Gasteiger partial charge in [-0.25, -0.2) is 0 Å². The van der Waals surface area contributed by atoms with Crippen LogP contribution in [-0.4, -0.2) is 42.7 Å². The highest BCUT2D eigenvalue weighted by atomic mass is 32.1. The quantitative estimate of drug-likeness (QED) is 0.469. The lowest BCUT2D eigenvalue weighted by Crippen LogP contribution is -2.28. The summed E-state index contributed by atoms with van der Waals surface area (Å²) in [4.78, 5) is 15.7. The fourth-order valence-corrected chi connectivity index (χ4v) is 1.49. The van der Waals surface area contributed by atoms with Crippen molar-refractivity contribution in [2.24, 2.45) is 5.73 Å². The molecule has 104 valence electrons. The van der Waals surface area contributed by atoms with E-state index in [1.165, 1.54) is 0 Å². The van der Waals surface area contributed by atoms with E-state index in [4.69, 9.17) is 22.7 Å². The van der Waals surface area contributed by atoms with E-state index in [1.807, 2.05) is 0 Å². The third-order valence-corrected chi connectivity index (χ3v) is 2.53. The lowest BCUT2D eigenvalue weighted by molar-refractivity contribution is -0.121. The summed E-state index contributed by atoms with van der Waals surface area (Å²) in [6.45, 7) is 1.57. The van der Waals surface area contributed by atoms with Crippen molar-refractivity contribution in [2.45, 2.75) is 6.42 Å². The maximum atomic E-state index is 11.4. The smallest absolute Gasteiger partial charge is 0.221 e. The van der Waals surface area contributed by atoms with E-state index in [0.717, 1.165) is 5.69 Å². The van der Waals surface area contributed by atoms with Gasteiger partial charge in [0.05, 0.1) is 12.3 Å². The lowest BCUT2D eigenvalue weighted by atomic mass is 10.3. The number of anilines is 1. The predicted octanol–water partition coefficient (Wildman–Crippen LogP) is 0.280. The number of carbonyl (C=O) groups is 1. The summed E-state index contributed by atoms with van der Waals surface area (Å²) in [5, 5.41) is 5.86. The highest BCUT2D eigenvalue weighted by Gasteiger charge is 2.02. The van der Waals surface area contributed by atoms with Gasteiger partial charge in [-0.3, -0.25) is 9.78 Å². The van der Waals surface area contributed by atoms with Gasteiger partial charge in [0.2, 0.25) is 5.91 Å². The second-order valence-electron chi connectivity index (χ2n) is 3.81. The van der Waals surface area contributed by atoms with Crippen LogP contribution in [0.15, 0.2) is 18.3 Å². The van der Waals surface area contributed by atoms with Crippen LogP contribution in [0.3, 0.4) is 0 Å². The van der Waals surface area contributed by atoms with E-state index in [2.05, 4.69) is 15.6 Å². The topological polar surface area (TPSA) is 89.3 Å². The molecule has 1 rings (SSSR count). The summed E-state index contributed by atoms with van der Waals surface area (Å²) >= 11 is 4.85. The van der Waals surface area contributed by atoms with Crippen molar-refractivity contribution in [3.05, 3.63) is 24.0 Å². The highest BCUT2D eigenvalue weighted by molar-refractivity contribution is 7.80. The number of carbonyl (C=O) groups excluding carboxylic acids is 1. The van der Waals surface area contributed by atoms with Crippen LogP contribution in [0.5, 0.6) is 0 Å². The molecule has 0 radical (unpaired) electrons. The summed E-state index contributed by atoms with van der Waals surface area (Å²) in [6.07, 6.45) is 2.00. The van der Waals surface area contributed by atoms with Crippen LogP contribution in [0.25, 0.3) is 0 Å². The van der Waals surface area contributed by atoms with Gasteiger partial charge < -0.3 is 21.1 Å². The first-order valence-corrected chi connectivity index (χ1v) is 6.29. The van der Waals surface area contributed by atoms with Gasteiger partial charge in [0.25, 0.3) is 0 Å². The van der Waals surface area contributed by atoms with Crippen molar-refractivity contribution in [1.82, 2.24) is 10.3 Å². The molecule has 19 heavy (non-hydrogen) atoms. The Kier molecular flexibility index (Phi) is 6.76. The molecule has 0 saturated heterocycles. The van der Waals surface area contributed by atoms with Crippen LogP contribution in [0.1, 0.15) is 12.1 Å². The third-order valence-electron chi connectivity index (χ3n) is 2.32. The number of amides is 1. The minimum absolute atomic E-state index is 0.0202. The molecule has 0 fully saturated rings. The fourth-order valence-electron chi connectivity index (χ4n) is 1.38. The summed E-state index contributed by atoms with van der Waals surface area (Å²) in [7, 11) is 1.59. The number of methoxy groups -OCH3 is 1. The number of aromatic nitrogens is 1. The van der Waals surface area contributed by atoms with Crippen molar-refractivity contribution >= 4 is 28.8 Å². The first-order valence-electron chi connectivity index (χ1n) is 5.89. The minimum atomic E-state index is -0.0202. The van der Waals surface area contributed by atoms with Gasteiger partial charge in [-0.05, 0) is 12.1 Å². The molecule has 0 atom stereocenters. The highest BCUT2D eigenvalue weighted by Crippen LogP contribution is 2.07. The van der Waals surface area contributed by atoms with Gasteiger partial charge in [0, 0.05) is 38.5 Å².